The van der Waals surface area contributed by atoms with Crippen molar-refractivity contribution in [1.29, 1.82) is 0 Å². The van der Waals surface area contributed by atoms with Crippen LogP contribution >= 0.6 is 24.0 Å². The average molecular weight is 464 g/mol. The number of hydrogen-bond donors (Lipinski definition) is 2. The van der Waals surface area contributed by atoms with Gasteiger partial charge in [-0.15, -0.1) is 24.0 Å². The van der Waals surface area contributed by atoms with Crippen LogP contribution in [0.5, 0.6) is 0 Å². The summed E-state index contributed by atoms with van der Waals surface area (Å²) in [4.78, 5) is 13.6. The summed E-state index contributed by atoms with van der Waals surface area (Å²) in [6.07, 6.45) is 0. The normalized spacial score (nSPS) is 17.9. The smallest absolute Gasteiger partial charge is 0.214 e. The summed E-state index contributed by atoms with van der Waals surface area (Å²) in [5.41, 5.74) is 0.940. The maximum Gasteiger partial charge on any atom is 0.214 e. The molecule has 1 atom stereocenters. The molecule has 1 unspecified atom stereocenters. The highest BCUT2D eigenvalue weighted by Crippen LogP contribution is 2.07. The third kappa shape index (κ3) is 7.49. The Hall–Kier alpha value is -0.870. The fourth-order valence-corrected chi connectivity index (χ4v) is 2.80. The van der Waals surface area contributed by atoms with Crippen LogP contribution in [0.15, 0.2) is 9.41 Å². The Labute approximate surface area is 168 Å². The maximum atomic E-state index is 5.58. The number of aliphatic imine (C=N–C) groups is 1. The Morgan fingerprint density at radius 2 is 1.92 bits per heavy atom. The molecule has 25 heavy (non-hydrogen) atoms. The molecule has 0 saturated carbocycles. The Balaban J connectivity index is 0.00000312. The summed E-state index contributed by atoms with van der Waals surface area (Å²) in [5, 5.41) is 6.64. The van der Waals surface area contributed by atoms with Gasteiger partial charge in [0.15, 0.2) is 5.96 Å². The SMILES string of the molecule is CN=C(NCc1nc(C)c(C)o1)NCC(C)CN1CCN(C)CC1.I. The van der Waals surface area contributed by atoms with Gasteiger partial charge >= 0.3 is 0 Å². The Bertz CT molecular complexity index is 520. The molecule has 0 radical (unpaired) electrons. The van der Waals surface area contributed by atoms with Gasteiger partial charge in [0.1, 0.15) is 5.76 Å². The van der Waals surface area contributed by atoms with Crippen molar-refractivity contribution in [3.8, 4) is 0 Å². The predicted molar refractivity (Wildman–Crippen MR) is 113 cm³/mol. The lowest BCUT2D eigenvalue weighted by Crippen LogP contribution is -2.47. The number of nitrogens with one attached hydrogen (secondary N) is 2. The minimum atomic E-state index is 0. The molecule has 1 aromatic rings. The fourth-order valence-electron chi connectivity index (χ4n) is 2.80. The van der Waals surface area contributed by atoms with E-state index in [-0.39, 0.29) is 24.0 Å². The van der Waals surface area contributed by atoms with E-state index in [0.29, 0.717) is 18.4 Å². The number of aromatic nitrogens is 1. The van der Waals surface area contributed by atoms with E-state index in [9.17, 15) is 0 Å². The van der Waals surface area contributed by atoms with E-state index < -0.39 is 0 Å². The molecule has 8 heteroatoms. The molecule has 144 valence electrons. The zero-order valence-corrected chi connectivity index (χ0v) is 18.5. The monoisotopic (exact) mass is 464 g/mol. The van der Waals surface area contributed by atoms with Gasteiger partial charge in [-0.1, -0.05) is 6.92 Å². The lowest BCUT2D eigenvalue weighted by molar-refractivity contribution is 0.139. The highest BCUT2D eigenvalue weighted by molar-refractivity contribution is 14.0. The van der Waals surface area contributed by atoms with E-state index in [1.165, 1.54) is 13.1 Å². The molecule has 0 bridgehead atoms. The van der Waals surface area contributed by atoms with Gasteiger partial charge < -0.3 is 24.9 Å². The van der Waals surface area contributed by atoms with Gasteiger partial charge in [-0.3, -0.25) is 4.99 Å². The second kappa shape index (κ2) is 11.0. The zero-order valence-electron chi connectivity index (χ0n) is 16.1. The molecule has 0 aromatic carbocycles. The summed E-state index contributed by atoms with van der Waals surface area (Å²) in [5.74, 6) is 2.92. The number of piperazine rings is 1. The molecule has 1 aliphatic heterocycles. The van der Waals surface area contributed by atoms with E-state index in [0.717, 1.165) is 43.6 Å². The van der Waals surface area contributed by atoms with Crippen molar-refractivity contribution in [3.63, 3.8) is 0 Å². The van der Waals surface area contributed by atoms with Crippen LogP contribution in [0.1, 0.15) is 24.3 Å². The molecule has 2 N–H and O–H groups in total. The summed E-state index contributed by atoms with van der Waals surface area (Å²) in [7, 11) is 3.97. The molecule has 1 saturated heterocycles. The first-order valence-electron chi connectivity index (χ1n) is 8.76. The standard InChI is InChI=1S/C17H32N6O.HI/c1-13(12-23-8-6-22(5)7-9-23)10-19-17(18-4)20-11-16-21-14(2)15(3)24-16;/h13H,6-12H2,1-5H3,(H2,18,19,20);1H. The van der Waals surface area contributed by atoms with Gasteiger partial charge in [-0.05, 0) is 26.8 Å². The first-order valence-corrected chi connectivity index (χ1v) is 8.76. The number of nitrogens with zero attached hydrogens (tertiary/aromatic N) is 4. The van der Waals surface area contributed by atoms with E-state index in [1.807, 2.05) is 13.8 Å². The quantitative estimate of drug-likeness (QED) is 0.378. The molecular formula is C17H33IN6O. The molecule has 0 aliphatic carbocycles. The lowest BCUT2D eigenvalue weighted by atomic mass is 10.1. The molecule has 1 aromatic heterocycles. The molecule has 2 rings (SSSR count). The molecule has 0 spiro atoms. The zero-order chi connectivity index (χ0) is 17.5. The predicted octanol–water partition coefficient (Wildman–Crippen LogP) is 1.46. The van der Waals surface area contributed by atoms with E-state index in [2.05, 4.69) is 44.4 Å². The maximum absolute atomic E-state index is 5.58. The number of oxazole rings is 1. The van der Waals surface area contributed by atoms with Gasteiger partial charge in [-0.25, -0.2) is 4.98 Å². The van der Waals surface area contributed by atoms with Crippen LogP contribution in [-0.2, 0) is 6.54 Å². The second-order valence-electron chi connectivity index (χ2n) is 6.76. The van der Waals surface area contributed by atoms with Gasteiger partial charge in [0.2, 0.25) is 5.89 Å². The number of hydrogen-bond acceptors (Lipinski definition) is 5. The van der Waals surface area contributed by atoms with Crippen molar-refractivity contribution in [2.45, 2.75) is 27.3 Å². The van der Waals surface area contributed by atoms with Gasteiger partial charge in [-0.2, -0.15) is 0 Å². The van der Waals surface area contributed by atoms with Gasteiger partial charge in [0.25, 0.3) is 0 Å². The third-order valence-corrected chi connectivity index (χ3v) is 4.49. The van der Waals surface area contributed by atoms with Crippen LogP contribution in [0.2, 0.25) is 0 Å². The molecule has 1 fully saturated rings. The molecule has 2 heterocycles. The van der Waals surface area contributed by atoms with Crippen LogP contribution in [0.3, 0.4) is 0 Å². The van der Waals surface area contributed by atoms with Crippen molar-refractivity contribution in [3.05, 3.63) is 17.3 Å². The number of halogens is 1. The first-order chi connectivity index (χ1) is 11.5. The minimum absolute atomic E-state index is 0. The van der Waals surface area contributed by atoms with Crippen molar-refractivity contribution in [1.82, 2.24) is 25.4 Å². The number of guanidine groups is 1. The van der Waals surface area contributed by atoms with E-state index >= 15 is 0 Å². The van der Waals surface area contributed by atoms with Gasteiger partial charge in [0.05, 0.1) is 12.2 Å². The molecular weight excluding hydrogens is 431 g/mol. The second-order valence-corrected chi connectivity index (χ2v) is 6.76. The van der Waals surface area contributed by atoms with Crippen LogP contribution in [0, 0.1) is 19.8 Å². The lowest BCUT2D eigenvalue weighted by Gasteiger charge is -2.34. The minimum Gasteiger partial charge on any atom is -0.444 e. The molecule has 1 aliphatic rings. The third-order valence-electron chi connectivity index (χ3n) is 4.49. The average Bonchev–Trinajstić information content (AvgIpc) is 2.88. The molecule has 7 nitrogen and oxygen atoms in total. The first kappa shape index (κ1) is 22.2. The van der Waals surface area contributed by atoms with E-state index in [1.54, 1.807) is 7.05 Å². The number of likely N-dealkylation sites (N-methyl/N-ethyl adjacent to an activating group) is 1. The summed E-state index contributed by atoms with van der Waals surface area (Å²) >= 11 is 0. The number of rotatable bonds is 6. The largest absolute Gasteiger partial charge is 0.444 e. The Kier molecular flexibility index (Phi) is 9.73. The van der Waals surface area contributed by atoms with E-state index in [4.69, 9.17) is 4.42 Å². The van der Waals surface area contributed by atoms with Crippen molar-refractivity contribution in [2.75, 3.05) is 53.4 Å². The topological polar surface area (TPSA) is 68.9 Å². The van der Waals surface area contributed by atoms with Crippen LogP contribution < -0.4 is 10.6 Å². The van der Waals surface area contributed by atoms with Crippen LogP contribution in [-0.4, -0.2) is 74.1 Å². The van der Waals surface area contributed by atoms with Crippen molar-refractivity contribution < 1.29 is 4.42 Å². The summed E-state index contributed by atoms with van der Waals surface area (Å²) in [6.45, 7) is 13.4. The van der Waals surface area contributed by atoms with Gasteiger partial charge in [0, 0.05) is 46.3 Å². The Morgan fingerprint density at radius 3 is 2.48 bits per heavy atom. The Morgan fingerprint density at radius 1 is 1.24 bits per heavy atom. The number of aryl methyl sites for hydroxylation is 2. The van der Waals surface area contributed by atoms with Crippen molar-refractivity contribution >= 4 is 29.9 Å². The summed E-state index contributed by atoms with van der Waals surface area (Å²) < 4.78 is 5.58. The van der Waals surface area contributed by atoms with Crippen LogP contribution in [0.4, 0.5) is 0 Å². The highest BCUT2D eigenvalue weighted by atomic mass is 127. The molecule has 0 amide bonds. The summed E-state index contributed by atoms with van der Waals surface area (Å²) in [6, 6.07) is 0. The van der Waals surface area contributed by atoms with Crippen LogP contribution in [0.25, 0.3) is 0 Å². The highest BCUT2D eigenvalue weighted by Gasteiger charge is 2.16. The fraction of sp³-hybridized carbons (Fsp3) is 0.765. The van der Waals surface area contributed by atoms with Crippen molar-refractivity contribution in [2.24, 2.45) is 10.9 Å².